The van der Waals surface area contributed by atoms with Gasteiger partial charge in [-0.05, 0) is 80.6 Å². The second-order valence-electron chi connectivity index (χ2n) is 10.3. The molecule has 0 aliphatic rings. The molecule has 0 spiro atoms. The van der Waals surface area contributed by atoms with Crippen molar-refractivity contribution in [3.05, 3.63) is 169 Å². The molecule has 0 radical (unpaired) electrons. The summed E-state index contributed by atoms with van der Waals surface area (Å²) in [5.41, 5.74) is 7.71. The molecular formula is C40H30N2O2. The molecule has 6 rings (SSSR count). The van der Waals surface area contributed by atoms with E-state index in [0.717, 1.165) is 55.5 Å². The molecule has 44 heavy (non-hydrogen) atoms. The van der Waals surface area contributed by atoms with Gasteiger partial charge in [-0.25, -0.2) is 0 Å². The highest BCUT2D eigenvalue weighted by Gasteiger charge is 2.11. The Morgan fingerprint density at radius 3 is 1.25 bits per heavy atom. The summed E-state index contributed by atoms with van der Waals surface area (Å²) in [6.45, 7) is 0. The van der Waals surface area contributed by atoms with Crippen LogP contribution in [0.5, 0.6) is 0 Å². The minimum atomic E-state index is -0.180. The number of amides is 2. The van der Waals surface area contributed by atoms with Crippen molar-refractivity contribution in [3.63, 3.8) is 0 Å². The Morgan fingerprint density at radius 2 is 0.841 bits per heavy atom. The predicted molar refractivity (Wildman–Crippen MR) is 183 cm³/mol. The van der Waals surface area contributed by atoms with Crippen LogP contribution in [0.3, 0.4) is 0 Å². The summed E-state index contributed by atoms with van der Waals surface area (Å²) < 4.78 is 0. The lowest BCUT2D eigenvalue weighted by molar-refractivity contribution is -0.112. The van der Waals surface area contributed by atoms with Crippen molar-refractivity contribution < 1.29 is 9.59 Å². The first-order chi connectivity index (χ1) is 21.6. The second-order valence-corrected chi connectivity index (χ2v) is 10.3. The topological polar surface area (TPSA) is 58.2 Å². The molecule has 212 valence electrons. The Labute approximate surface area is 257 Å². The van der Waals surface area contributed by atoms with Gasteiger partial charge in [0, 0.05) is 23.5 Å². The number of rotatable bonds is 8. The minimum absolute atomic E-state index is 0.180. The van der Waals surface area contributed by atoms with Gasteiger partial charge in [-0.1, -0.05) is 121 Å². The molecule has 0 atom stereocenters. The number of nitrogens with one attached hydrogen (secondary N) is 2. The molecule has 6 aromatic rings. The number of benzene rings is 6. The van der Waals surface area contributed by atoms with E-state index in [1.54, 1.807) is 24.3 Å². The van der Waals surface area contributed by atoms with Gasteiger partial charge in [-0.2, -0.15) is 0 Å². The first-order valence-electron chi connectivity index (χ1n) is 14.4. The third-order valence-corrected chi connectivity index (χ3v) is 7.29. The normalized spacial score (nSPS) is 11.2. The highest BCUT2D eigenvalue weighted by molar-refractivity contribution is 6.07. The van der Waals surface area contributed by atoms with E-state index in [1.165, 1.54) is 0 Å². The van der Waals surface area contributed by atoms with Crippen molar-refractivity contribution in [2.75, 3.05) is 10.6 Å². The van der Waals surface area contributed by atoms with Gasteiger partial charge in [0.2, 0.25) is 11.8 Å². The van der Waals surface area contributed by atoms with E-state index >= 15 is 0 Å². The molecular weight excluding hydrogens is 540 g/mol. The maximum absolute atomic E-state index is 12.5. The van der Waals surface area contributed by atoms with Gasteiger partial charge in [0.1, 0.15) is 0 Å². The molecule has 4 heteroatoms. The van der Waals surface area contributed by atoms with Crippen LogP contribution in [0.4, 0.5) is 11.4 Å². The number of fused-ring (bicyclic) bond motifs is 1. The molecule has 0 heterocycles. The molecule has 0 aromatic heterocycles. The van der Waals surface area contributed by atoms with Crippen molar-refractivity contribution in [2.45, 2.75) is 0 Å². The smallest absolute Gasteiger partial charge is 0.248 e. The number of hydrogen-bond donors (Lipinski definition) is 2. The summed E-state index contributed by atoms with van der Waals surface area (Å²) in [6, 6.07) is 47.9. The quantitative estimate of drug-likeness (QED) is 0.179. The van der Waals surface area contributed by atoms with Crippen LogP contribution < -0.4 is 10.6 Å². The Bertz CT molecular complexity index is 1820. The molecule has 0 bridgehead atoms. The van der Waals surface area contributed by atoms with Gasteiger partial charge in [0.15, 0.2) is 0 Å². The van der Waals surface area contributed by atoms with Crippen LogP contribution in [0.1, 0.15) is 11.1 Å². The molecule has 0 saturated carbocycles. The lowest BCUT2D eigenvalue weighted by Gasteiger charge is -2.14. The van der Waals surface area contributed by atoms with E-state index < -0.39 is 0 Å². The van der Waals surface area contributed by atoms with Gasteiger partial charge < -0.3 is 10.6 Å². The van der Waals surface area contributed by atoms with E-state index in [2.05, 4.69) is 47.0 Å². The van der Waals surface area contributed by atoms with Gasteiger partial charge in [0.25, 0.3) is 0 Å². The van der Waals surface area contributed by atoms with E-state index in [9.17, 15) is 9.59 Å². The van der Waals surface area contributed by atoms with Crippen molar-refractivity contribution in [1.82, 2.24) is 0 Å². The summed E-state index contributed by atoms with van der Waals surface area (Å²) in [5.74, 6) is -0.359. The zero-order valence-electron chi connectivity index (χ0n) is 24.0. The monoisotopic (exact) mass is 570 g/mol. The van der Waals surface area contributed by atoms with Crippen LogP contribution >= 0.6 is 0 Å². The minimum Gasteiger partial charge on any atom is -0.323 e. The lowest BCUT2D eigenvalue weighted by atomic mass is 9.91. The number of hydrogen-bond acceptors (Lipinski definition) is 2. The van der Waals surface area contributed by atoms with Gasteiger partial charge in [0.05, 0.1) is 0 Å². The highest BCUT2D eigenvalue weighted by Crippen LogP contribution is 2.37. The fraction of sp³-hybridized carbons (Fsp3) is 0. The summed E-state index contributed by atoms with van der Waals surface area (Å²) in [5, 5.41) is 8.15. The fourth-order valence-electron chi connectivity index (χ4n) is 5.13. The zero-order valence-corrected chi connectivity index (χ0v) is 24.0. The second kappa shape index (κ2) is 13.3. The Balaban J connectivity index is 1.20. The van der Waals surface area contributed by atoms with Crippen LogP contribution in [0.2, 0.25) is 0 Å². The number of carbonyl (C=O) groups is 2. The third-order valence-electron chi connectivity index (χ3n) is 7.29. The summed E-state index contributed by atoms with van der Waals surface area (Å²) in [7, 11) is 0. The van der Waals surface area contributed by atoms with Crippen LogP contribution in [-0.4, -0.2) is 11.8 Å². The molecule has 0 aliphatic heterocycles. The van der Waals surface area contributed by atoms with Crippen molar-refractivity contribution in [1.29, 1.82) is 0 Å². The van der Waals surface area contributed by atoms with Crippen LogP contribution in [0, 0.1) is 0 Å². The molecule has 0 fully saturated rings. The molecule has 0 unspecified atom stereocenters. The van der Waals surface area contributed by atoms with Gasteiger partial charge in [-0.3, -0.25) is 9.59 Å². The average Bonchev–Trinajstić information content (AvgIpc) is 3.07. The Kier molecular flexibility index (Phi) is 8.52. The van der Waals surface area contributed by atoms with Crippen molar-refractivity contribution in [3.8, 4) is 22.3 Å². The summed E-state index contributed by atoms with van der Waals surface area (Å²) in [6.07, 6.45) is 6.67. The molecule has 0 aliphatic carbocycles. The van der Waals surface area contributed by atoms with E-state index in [0.29, 0.717) is 0 Å². The molecule has 0 saturated heterocycles. The number of anilines is 2. The first-order valence-corrected chi connectivity index (χ1v) is 14.4. The predicted octanol–water partition coefficient (Wildman–Crippen LogP) is 9.48. The molecule has 4 nitrogen and oxygen atoms in total. The molecule has 2 N–H and O–H groups in total. The van der Waals surface area contributed by atoms with Gasteiger partial charge in [-0.15, -0.1) is 0 Å². The first kappa shape index (κ1) is 28.1. The zero-order chi connectivity index (χ0) is 30.1. The third kappa shape index (κ3) is 6.89. The SMILES string of the molecule is O=C(/C=C/c1ccccc1)Nc1ccc(-c2cccc3cccc(-c4ccc(NC(=O)/C=C/c5ccccc5)cc4)c23)cc1. The van der Waals surface area contributed by atoms with Crippen molar-refractivity contribution in [2.24, 2.45) is 0 Å². The standard InChI is InChI=1S/C40H30N2O2/c43-38(27-17-29-9-3-1-4-10-29)41-34-23-19-31(20-24-34)36-15-7-13-33-14-8-16-37(40(33)36)32-21-25-35(26-22-32)42-39(44)28-18-30-11-5-2-6-12-30/h1-28H,(H,41,43)(H,42,44)/b27-17+,28-18+. The summed E-state index contributed by atoms with van der Waals surface area (Å²) >= 11 is 0. The highest BCUT2D eigenvalue weighted by atomic mass is 16.2. The maximum Gasteiger partial charge on any atom is 0.248 e. The lowest BCUT2D eigenvalue weighted by Crippen LogP contribution is -2.07. The maximum atomic E-state index is 12.5. The van der Waals surface area contributed by atoms with E-state index in [1.807, 2.05) is 109 Å². The molecule has 6 aromatic carbocycles. The average molecular weight is 571 g/mol. The van der Waals surface area contributed by atoms with Crippen LogP contribution in [0.25, 0.3) is 45.2 Å². The Morgan fingerprint density at radius 1 is 0.432 bits per heavy atom. The van der Waals surface area contributed by atoms with E-state index in [-0.39, 0.29) is 11.8 Å². The molecule has 2 amide bonds. The van der Waals surface area contributed by atoms with E-state index in [4.69, 9.17) is 0 Å². The van der Waals surface area contributed by atoms with Gasteiger partial charge >= 0.3 is 0 Å². The largest absolute Gasteiger partial charge is 0.323 e. The fourth-order valence-corrected chi connectivity index (χ4v) is 5.13. The summed E-state index contributed by atoms with van der Waals surface area (Å²) in [4.78, 5) is 24.9. The Hall–Kier alpha value is -6.00. The van der Waals surface area contributed by atoms with Crippen LogP contribution in [0.15, 0.2) is 158 Å². The van der Waals surface area contributed by atoms with Crippen molar-refractivity contribution >= 4 is 46.1 Å². The van der Waals surface area contributed by atoms with Crippen LogP contribution in [-0.2, 0) is 9.59 Å². The number of carbonyl (C=O) groups excluding carboxylic acids is 2.